The van der Waals surface area contributed by atoms with Gasteiger partial charge in [0.1, 0.15) is 5.82 Å². The molecular weight excluding hydrogens is 455 g/mol. The number of aliphatic imine (C=N–C) groups is 1. The van der Waals surface area contributed by atoms with Crippen molar-refractivity contribution in [3.05, 3.63) is 24.4 Å². The maximum absolute atomic E-state index is 12.0. The number of hydrogen-bond donors (Lipinski definition) is 3. The molecule has 0 aliphatic rings. The Morgan fingerprint density at radius 1 is 1.11 bits per heavy atom. The highest BCUT2D eigenvalue weighted by Gasteiger charge is 2.08. The molecule has 154 valence electrons. The van der Waals surface area contributed by atoms with Crippen LogP contribution in [0.2, 0.25) is 0 Å². The van der Waals surface area contributed by atoms with Gasteiger partial charge in [0.25, 0.3) is 0 Å². The highest BCUT2D eigenvalue weighted by molar-refractivity contribution is 14.0. The van der Waals surface area contributed by atoms with Crippen molar-refractivity contribution in [3.63, 3.8) is 0 Å². The lowest BCUT2D eigenvalue weighted by Crippen LogP contribution is -2.40. The van der Waals surface area contributed by atoms with Gasteiger partial charge in [-0.05, 0) is 45.7 Å². The number of hydrogen-bond acceptors (Lipinski definition) is 4. The van der Waals surface area contributed by atoms with Gasteiger partial charge in [-0.15, -0.1) is 24.0 Å². The van der Waals surface area contributed by atoms with E-state index >= 15 is 0 Å². The van der Waals surface area contributed by atoms with Crippen LogP contribution in [-0.2, 0) is 4.79 Å². The Morgan fingerprint density at radius 2 is 1.89 bits per heavy atom. The predicted molar refractivity (Wildman–Crippen MR) is 124 cm³/mol. The summed E-state index contributed by atoms with van der Waals surface area (Å²) in [6, 6.07) is 5.84. The van der Waals surface area contributed by atoms with Crippen LogP contribution in [0, 0.1) is 0 Å². The van der Waals surface area contributed by atoms with E-state index in [1.54, 1.807) is 6.20 Å². The predicted octanol–water partition coefficient (Wildman–Crippen LogP) is 2.71. The van der Waals surface area contributed by atoms with Crippen molar-refractivity contribution in [2.24, 2.45) is 4.99 Å². The lowest BCUT2D eigenvalue weighted by Gasteiger charge is -2.19. The standard InChI is InChI=1S/C19H34N6O.HI/c1-4-20-19(24-16-12-18(26)25(5-2)6-3)23-15-10-9-14-22-17-11-7-8-13-21-17;/h7-8,11,13H,4-6,9-10,12,14-16H2,1-3H3,(H,21,22)(H2,20,23,24);1H. The average molecular weight is 490 g/mol. The van der Waals surface area contributed by atoms with E-state index < -0.39 is 0 Å². The quantitative estimate of drug-likeness (QED) is 0.182. The molecule has 1 aromatic rings. The van der Waals surface area contributed by atoms with Gasteiger partial charge < -0.3 is 20.9 Å². The van der Waals surface area contributed by atoms with Crippen LogP contribution in [0.25, 0.3) is 0 Å². The van der Waals surface area contributed by atoms with Gasteiger partial charge in [-0.1, -0.05) is 6.07 Å². The minimum atomic E-state index is 0. The molecule has 0 saturated carbocycles. The Kier molecular flexibility index (Phi) is 15.6. The van der Waals surface area contributed by atoms with Crippen LogP contribution >= 0.6 is 24.0 Å². The fourth-order valence-electron chi connectivity index (χ4n) is 2.48. The van der Waals surface area contributed by atoms with Gasteiger partial charge in [0.15, 0.2) is 5.96 Å². The summed E-state index contributed by atoms with van der Waals surface area (Å²) in [4.78, 5) is 22.7. The molecule has 1 amide bonds. The molecule has 8 heteroatoms. The Labute approximate surface area is 180 Å². The first-order chi connectivity index (χ1) is 12.7. The van der Waals surface area contributed by atoms with Crippen molar-refractivity contribution in [1.29, 1.82) is 0 Å². The molecule has 0 atom stereocenters. The third-order valence-corrected chi connectivity index (χ3v) is 3.92. The molecule has 0 fully saturated rings. The largest absolute Gasteiger partial charge is 0.370 e. The molecule has 0 aromatic carbocycles. The van der Waals surface area contributed by atoms with Crippen LogP contribution in [-0.4, -0.2) is 61.0 Å². The molecule has 0 unspecified atom stereocenters. The number of anilines is 1. The van der Waals surface area contributed by atoms with Crippen LogP contribution in [0.5, 0.6) is 0 Å². The Bertz CT molecular complexity index is 522. The number of nitrogens with one attached hydrogen (secondary N) is 3. The molecule has 1 heterocycles. The Balaban J connectivity index is 0.00000676. The van der Waals surface area contributed by atoms with E-state index in [-0.39, 0.29) is 29.9 Å². The van der Waals surface area contributed by atoms with Crippen molar-refractivity contribution in [2.45, 2.75) is 40.0 Å². The number of pyridine rings is 1. The zero-order valence-electron chi connectivity index (χ0n) is 16.8. The number of amides is 1. The summed E-state index contributed by atoms with van der Waals surface area (Å²) >= 11 is 0. The second-order valence-corrected chi connectivity index (χ2v) is 5.85. The number of aromatic nitrogens is 1. The van der Waals surface area contributed by atoms with Gasteiger partial charge in [-0.25, -0.2) is 4.98 Å². The van der Waals surface area contributed by atoms with E-state index in [9.17, 15) is 4.79 Å². The minimum absolute atomic E-state index is 0. The van der Waals surface area contributed by atoms with Crippen LogP contribution in [0.4, 0.5) is 5.82 Å². The first kappa shape index (κ1) is 25.4. The molecule has 0 saturated heterocycles. The van der Waals surface area contributed by atoms with E-state index in [0.717, 1.165) is 57.3 Å². The summed E-state index contributed by atoms with van der Waals surface area (Å²) in [5, 5.41) is 9.75. The molecule has 1 aromatic heterocycles. The molecule has 0 aliphatic heterocycles. The second-order valence-electron chi connectivity index (χ2n) is 5.85. The fraction of sp³-hybridized carbons (Fsp3) is 0.632. The van der Waals surface area contributed by atoms with Gasteiger partial charge in [0.2, 0.25) is 5.91 Å². The maximum atomic E-state index is 12.0. The maximum Gasteiger partial charge on any atom is 0.224 e. The summed E-state index contributed by atoms with van der Waals surface area (Å²) < 4.78 is 0. The van der Waals surface area contributed by atoms with E-state index in [1.165, 1.54) is 0 Å². The molecule has 1 rings (SSSR count). The number of nitrogens with zero attached hydrogens (tertiary/aromatic N) is 3. The van der Waals surface area contributed by atoms with Gasteiger partial charge in [-0.2, -0.15) is 0 Å². The van der Waals surface area contributed by atoms with E-state index in [0.29, 0.717) is 13.0 Å². The third kappa shape index (κ3) is 11.7. The van der Waals surface area contributed by atoms with Gasteiger partial charge in [0, 0.05) is 51.9 Å². The molecule has 0 aliphatic carbocycles. The van der Waals surface area contributed by atoms with Crippen LogP contribution in [0.1, 0.15) is 40.0 Å². The molecule has 7 nitrogen and oxygen atoms in total. The van der Waals surface area contributed by atoms with E-state index in [1.807, 2.05) is 43.9 Å². The Hall–Kier alpha value is -1.58. The zero-order valence-corrected chi connectivity index (χ0v) is 19.2. The summed E-state index contributed by atoms with van der Waals surface area (Å²) in [7, 11) is 0. The lowest BCUT2D eigenvalue weighted by molar-refractivity contribution is -0.130. The summed E-state index contributed by atoms with van der Waals surface area (Å²) in [5.74, 6) is 1.86. The van der Waals surface area contributed by atoms with E-state index in [2.05, 4.69) is 25.9 Å². The van der Waals surface area contributed by atoms with Crippen LogP contribution < -0.4 is 16.0 Å². The van der Waals surface area contributed by atoms with Gasteiger partial charge in [-0.3, -0.25) is 9.79 Å². The fourth-order valence-corrected chi connectivity index (χ4v) is 2.48. The number of halogens is 1. The van der Waals surface area contributed by atoms with Crippen molar-refractivity contribution in [2.75, 3.05) is 44.6 Å². The number of unbranched alkanes of at least 4 members (excludes halogenated alkanes) is 1. The molecular formula is C19H35IN6O. The summed E-state index contributed by atoms with van der Waals surface area (Å²) in [6.07, 6.45) is 4.29. The molecule has 0 spiro atoms. The first-order valence-electron chi connectivity index (χ1n) is 9.66. The number of rotatable bonds is 12. The van der Waals surface area contributed by atoms with E-state index in [4.69, 9.17) is 0 Å². The summed E-state index contributed by atoms with van der Waals surface area (Å²) in [6.45, 7) is 10.6. The number of guanidine groups is 1. The first-order valence-corrected chi connectivity index (χ1v) is 9.66. The van der Waals surface area contributed by atoms with Crippen molar-refractivity contribution < 1.29 is 4.79 Å². The smallest absolute Gasteiger partial charge is 0.224 e. The van der Waals surface area contributed by atoms with Crippen molar-refractivity contribution >= 4 is 41.7 Å². The van der Waals surface area contributed by atoms with Crippen molar-refractivity contribution in [1.82, 2.24) is 20.5 Å². The zero-order chi connectivity index (χ0) is 19.0. The second kappa shape index (κ2) is 16.6. The SMILES string of the molecule is CCNC(=NCCCCNc1ccccn1)NCCC(=O)N(CC)CC.I. The normalized spacial score (nSPS) is 10.7. The van der Waals surface area contributed by atoms with Crippen LogP contribution in [0.15, 0.2) is 29.4 Å². The molecule has 0 bridgehead atoms. The minimum Gasteiger partial charge on any atom is -0.370 e. The van der Waals surface area contributed by atoms with Gasteiger partial charge >= 0.3 is 0 Å². The van der Waals surface area contributed by atoms with Crippen molar-refractivity contribution in [3.8, 4) is 0 Å². The molecule has 0 radical (unpaired) electrons. The van der Waals surface area contributed by atoms with Gasteiger partial charge in [0.05, 0.1) is 0 Å². The highest BCUT2D eigenvalue weighted by Crippen LogP contribution is 2.00. The lowest BCUT2D eigenvalue weighted by atomic mass is 10.3. The molecule has 3 N–H and O–H groups in total. The highest BCUT2D eigenvalue weighted by atomic mass is 127. The average Bonchev–Trinajstić information content (AvgIpc) is 2.66. The summed E-state index contributed by atoms with van der Waals surface area (Å²) in [5.41, 5.74) is 0. The number of carbonyl (C=O) groups excluding carboxylic acids is 1. The topological polar surface area (TPSA) is 81.6 Å². The monoisotopic (exact) mass is 490 g/mol. The third-order valence-electron chi connectivity index (χ3n) is 3.92. The van der Waals surface area contributed by atoms with Crippen LogP contribution in [0.3, 0.4) is 0 Å². The number of carbonyl (C=O) groups is 1. The Morgan fingerprint density at radius 3 is 2.52 bits per heavy atom. The molecule has 27 heavy (non-hydrogen) atoms.